The third-order valence-electron chi connectivity index (χ3n) is 2.05. The smallest absolute Gasteiger partial charge is 0.303 e. The Hall–Kier alpha value is -1.23. The van der Waals surface area contributed by atoms with Crippen LogP contribution in [0.1, 0.15) is 11.3 Å². The van der Waals surface area contributed by atoms with Crippen molar-refractivity contribution < 1.29 is 13.2 Å². The van der Waals surface area contributed by atoms with Crippen molar-refractivity contribution in [2.45, 2.75) is 12.1 Å². The number of aromatic nitrogens is 2. The van der Waals surface area contributed by atoms with Gasteiger partial charge in [0.25, 0.3) is 0 Å². The summed E-state index contributed by atoms with van der Waals surface area (Å²) < 4.78 is 38.6. The molecule has 0 spiro atoms. The lowest BCUT2D eigenvalue weighted by molar-refractivity contribution is -0.137. The molecule has 2 aromatic heterocycles. The van der Waals surface area contributed by atoms with E-state index in [0.717, 1.165) is 12.1 Å². The summed E-state index contributed by atoms with van der Waals surface area (Å²) >= 11 is 5.59. The first-order valence-electron chi connectivity index (χ1n) is 4.11. The molecule has 80 valence electrons. The Balaban J connectivity index is 2.58. The molecule has 0 saturated heterocycles. The molecule has 0 amide bonds. The number of imidazole rings is 1. The second-order valence-corrected chi connectivity index (χ2v) is 3.29. The maximum Gasteiger partial charge on any atom is 0.416 e. The third kappa shape index (κ3) is 1.79. The normalized spacial score (nSPS) is 12.3. The van der Waals surface area contributed by atoms with E-state index in [1.807, 2.05) is 0 Å². The molecule has 0 saturated carbocycles. The van der Waals surface area contributed by atoms with Gasteiger partial charge in [-0.25, -0.2) is 4.98 Å². The molecule has 2 nitrogen and oxygen atoms in total. The highest BCUT2D eigenvalue weighted by atomic mass is 35.5. The van der Waals surface area contributed by atoms with Gasteiger partial charge >= 0.3 is 6.18 Å². The first kappa shape index (κ1) is 10.3. The standard InChI is InChI=1S/C9H6ClF3N2/c10-4-7-5-14-8-3-6(9(11,12)13)1-2-15(7)8/h1-3,5H,4H2. The zero-order valence-corrected chi connectivity index (χ0v) is 8.18. The second-order valence-electron chi connectivity index (χ2n) is 3.02. The predicted octanol–water partition coefficient (Wildman–Crippen LogP) is 3.09. The van der Waals surface area contributed by atoms with E-state index in [2.05, 4.69) is 4.98 Å². The van der Waals surface area contributed by atoms with Crippen LogP contribution in [-0.2, 0) is 12.1 Å². The number of hydrogen-bond acceptors (Lipinski definition) is 1. The van der Waals surface area contributed by atoms with Gasteiger partial charge in [0.05, 0.1) is 23.3 Å². The van der Waals surface area contributed by atoms with Crippen molar-refractivity contribution in [2.24, 2.45) is 0 Å². The quantitative estimate of drug-likeness (QED) is 0.693. The summed E-state index contributed by atoms with van der Waals surface area (Å²) in [5, 5.41) is 0. The van der Waals surface area contributed by atoms with Gasteiger partial charge in [0.2, 0.25) is 0 Å². The van der Waals surface area contributed by atoms with Gasteiger partial charge in [-0.3, -0.25) is 0 Å². The largest absolute Gasteiger partial charge is 0.416 e. The zero-order valence-electron chi connectivity index (χ0n) is 7.42. The molecular formula is C9H6ClF3N2. The maximum atomic E-state index is 12.3. The summed E-state index contributed by atoms with van der Waals surface area (Å²) in [4.78, 5) is 3.84. The van der Waals surface area contributed by atoms with Gasteiger partial charge in [0, 0.05) is 6.20 Å². The monoisotopic (exact) mass is 234 g/mol. The van der Waals surface area contributed by atoms with E-state index in [9.17, 15) is 13.2 Å². The van der Waals surface area contributed by atoms with Crippen LogP contribution in [0.25, 0.3) is 5.65 Å². The number of rotatable bonds is 1. The highest BCUT2D eigenvalue weighted by Crippen LogP contribution is 2.29. The average molecular weight is 235 g/mol. The molecule has 0 unspecified atom stereocenters. The van der Waals surface area contributed by atoms with Crippen LogP contribution < -0.4 is 0 Å². The van der Waals surface area contributed by atoms with Crippen LogP contribution in [0.4, 0.5) is 13.2 Å². The fourth-order valence-corrected chi connectivity index (χ4v) is 1.51. The van der Waals surface area contributed by atoms with E-state index in [1.54, 1.807) is 0 Å². The van der Waals surface area contributed by atoms with E-state index in [4.69, 9.17) is 11.6 Å². The van der Waals surface area contributed by atoms with E-state index in [1.165, 1.54) is 16.8 Å². The topological polar surface area (TPSA) is 17.3 Å². The maximum absolute atomic E-state index is 12.3. The highest BCUT2D eigenvalue weighted by Gasteiger charge is 2.30. The molecule has 15 heavy (non-hydrogen) atoms. The summed E-state index contributed by atoms with van der Waals surface area (Å²) in [7, 11) is 0. The van der Waals surface area contributed by atoms with Crippen molar-refractivity contribution in [2.75, 3.05) is 0 Å². The average Bonchev–Trinajstić information content (AvgIpc) is 2.58. The molecule has 2 rings (SSSR count). The van der Waals surface area contributed by atoms with Gasteiger partial charge in [0.15, 0.2) is 0 Å². The van der Waals surface area contributed by atoms with Crippen LogP contribution in [-0.4, -0.2) is 9.38 Å². The first-order chi connectivity index (χ1) is 7.02. The van der Waals surface area contributed by atoms with Crippen LogP contribution in [0, 0.1) is 0 Å². The number of hydrogen-bond donors (Lipinski definition) is 0. The summed E-state index contributed by atoms with van der Waals surface area (Å²) in [5.74, 6) is 0.215. The third-order valence-corrected chi connectivity index (χ3v) is 2.33. The fraction of sp³-hybridized carbons (Fsp3) is 0.222. The van der Waals surface area contributed by atoms with Crippen molar-refractivity contribution in [3.8, 4) is 0 Å². The van der Waals surface area contributed by atoms with Gasteiger partial charge in [-0.05, 0) is 12.1 Å². The Morgan fingerprint density at radius 1 is 1.40 bits per heavy atom. The van der Waals surface area contributed by atoms with Crippen molar-refractivity contribution in [3.63, 3.8) is 0 Å². The molecule has 6 heteroatoms. The van der Waals surface area contributed by atoms with E-state index in [-0.39, 0.29) is 11.5 Å². The first-order valence-corrected chi connectivity index (χ1v) is 4.65. The lowest BCUT2D eigenvalue weighted by Gasteiger charge is -2.06. The lowest BCUT2D eigenvalue weighted by Crippen LogP contribution is -2.05. The van der Waals surface area contributed by atoms with Gasteiger partial charge in [-0.1, -0.05) is 0 Å². The molecular weight excluding hydrogens is 229 g/mol. The minimum Gasteiger partial charge on any atom is -0.303 e. The highest BCUT2D eigenvalue weighted by molar-refractivity contribution is 6.16. The molecule has 2 aromatic rings. The van der Waals surface area contributed by atoms with Crippen LogP contribution >= 0.6 is 11.6 Å². The minimum absolute atomic E-state index is 0.215. The molecule has 0 fully saturated rings. The molecule has 0 aliphatic heterocycles. The summed E-state index contributed by atoms with van der Waals surface area (Å²) in [6, 6.07) is 2.00. The predicted molar refractivity (Wildman–Crippen MR) is 49.8 cm³/mol. The van der Waals surface area contributed by atoms with Crippen molar-refractivity contribution >= 4 is 17.2 Å². The second kappa shape index (κ2) is 3.41. The van der Waals surface area contributed by atoms with Crippen LogP contribution in [0.5, 0.6) is 0 Å². The Kier molecular flexibility index (Phi) is 2.34. The van der Waals surface area contributed by atoms with Gasteiger partial charge in [-0.15, -0.1) is 11.6 Å². The number of pyridine rings is 1. The van der Waals surface area contributed by atoms with Gasteiger partial charge in [0.1, 0.15) is 5.65 Å². The molecule has 0 radical (unpaired) electrons. The van der Waals surface area contributed by atoms with E-state index < -0.39 is 11.7 Å². The summed E-state index contributed by atoms with van der Waals surface area (Å²) in [5.41, 5.74) is 0.211. The molecule has 2 heterocycles. The Morgan fingerprint density at radius 3 is 2.73 bits per heavy atom. The molecule has 0 aromatic carbocycles. The molecule has 0 N–H and O–H groups in total. The lowest BCUT2D eigenvalue weighted by atomic mass is 10.2. The zero-order chi connectivity index (χ0) is 11.1. The van der Waals surface area contributed by atoms with Crippen molar-refractivity contribution in [1.82, 2.24) is 9.38 Å². The summed E-state index contributed by atoms with van der Waals surface area (Å²) in [6.45, 7) is 0. The number of alkyl halides is 4. The van der Waals surface area contributed by atoms with Crippen LogP contribution in [0.15, 0.2) is 24.5 Å². The van der Waals surface area contributed by atoms with Crippen LogP contribution in [0.3, 0.4) is 0 Å². The van der Waals surface area contributed by atoms with Crippen molar-refractivity contribution in [3.05, 3.63) is 35.8 Å². The Labute approximate surface area is 88.3 Å². The number of nitrogens with zero attached hydrogens (tertiary/aromatic N) is 2. The van der Waals surface area contributed by atoms with Gasteiger partial charge in [-0.2, -0.15) is 13.2 Å². The number of fused-ring (bicyclic) bond motifs is 1. The van der Waals surface area contributed by atoms with Gasteiger partial charge < -0.3 is 4.40 Å². The molecule has 0 aliphatic rings. The molecule has 0 bridgehead atoms. The number of halogens is 4. The van der Waals surface area contributed by atoms with Crippen LogP contribution in [0.2, 0.25) is 0 Å². The minimum atomic E-state index is -4.34. The van der Waals surface area contributed by atoms with Crippen molar-refractivity contribution in [1.29, 1.82) is 0 Å². The summed E-state index contributed by atoms with van der Waals surface area (Å²) in [6.07, 6.45) is -1.56. The Morgan fingerprint density at radius 2 is 2.13 bits per heavy atom. The molecule has 0 atom stereocenters. The van der Waals surface area contributed by atoms with E-state index >= 15 is 0 Å². The molecule has 0 aliphatic carbocycles. The van der Waals surface area contributed by atoms with E-state index in [0.29, 0.717) is 5.69 Å². The fourth-order valence-electron chi connectivity index (χ4n) is 1.31. The SMILES string of the molecule is FC(F)(F)c1ccn2c(CCl)cnc2c1. The Bertz CT molecular complexity index is 490.